The third kappa shape index (κ3) is 3.44. The summed E-state index contributed by atoms with van der Waals surface area (Å²) in [6.07, 6.45) is 3.22. The van der Waals surface area contributed by atoms with Crippen LogP contribution in [0.4, 0.5) is 4.39 Å². The van der Waals surface area contributed by atoms with Crippen molar-refractivity contribution in [3.05, 3.63) is 29.6 Å². The molecule has 1 saturated carbocycles. The van der Waals surface area contributed by atoms with Crippen LogP contribution in [0.2, 0.25) is 0 Å². The van der Waals surface area contributed by atoms with Crippen molar-refractivity contribution >= 4 is 17.2 Å². The Balaban J connectivity index is 2.05. The number of nitrogens with two attached hydrogens (primary N) is 1. The van der Waals surface area contributed by atoms with E-state index in [1.54, 1.807) is 12.1 Å². The van der Waals surface area contributed by atoms with Crippen LogP contribution in [0.25, 0.3) is 0 Å². The van der Waals surface area contributed by atoms with E-state index in [0.29, 0.717) is 17.2 Å². The van der Waals surface area contributed by atoms with E-state index in [4.69, 9.17) is 22.7 Å². The number of hydrogen-bond donors (Lipinski definition) is 1. The van der Waals surface area contributed by atoms with Gasteiger partial charge in [-0.3, -0.25) is 0 Å². The van der Waals surface area contributed by atoms with Gasteiger partial charge in [0.1, 0.15) is 4.99 Å². The van der Waals surface area contributed by atoms with E-state index in [-0.39, 0.29) is 11.1 Å². The van der Waals surface area contributed by atoms with Crippen LogP contribution in [-0.4, -0.2) is 11.1 Å². The van der Waals surface area contributed by atoms with Crippen LogP contribution >= 0.6 is 12.2 Å². The highest BCUT2D eigenvalue weighted by Crippen LogP contribution is 2.32. The summed E-state index contributed by atoms with van der Waals surface area (Å²) in [5.74, 6) is 1.25. The van der Waals surface area contributed by atoms with Crippen molar-refractivity contribution in [2.75, 3.05) is 0 Å². The fraction of sp³-hybridized carbons (Fsp3) is 0.533. The highest BCUT2D eigenvalue weighted by Gasteiger charge is 2.26. The van der Waals surface area contributed by atoms with Crippen LogP contribution < -0.4 is 10.5 Å². The Morgan fingerprint density at radius 2 is 2.05 bits per heavy atom. The van der Waals surface area contributed by atoms with Gasteiger partial charge in [-0.15, -0.1) is 0 Å². The maximum absolute atomic E-state index is 13.9. The molecule has 3 atom stereocenters. The first-order valence-corrected chi connectivity index (χ1v) is 7.14. The third-order valence-corrected chi connectivity index (χ3v) is 4.30. The van der Waals surface area contributed by atoms with Gasteiger partial charge in [0.25, 0.3) is 0 Å². The Morgan fingerprint density at radius 3 is 2.63 bits per heavy atom. The molecular formula is C15H20FNOS. The molecule has 3 unspecified atom stereocenters. The Bertz CT molecular complexity index is 477. The summed E-state index contributed by atoms with van der Waals surface area (Å²) in [5.41, 5.74) is 6.01. The normalized spacial score (nSPS) is 27.0. The number of hydrogen-bond acceptors (Lipinski definition) is 2. The molecule has 1 aliphatic rings. The fourth-order valence-electron chi connectivity index (χ4n) is 2.53. The van der Waals surface area contributed by atoms with Gasteiger partial charge in [-0.25, -0.2) is 4.39 Å². The molecule has 1 aromatic carbocycles. The van der Waals surface area contributed by atoms with Gasteiger partial charge in [0.2, 0.25) is 0 Å². The minimum Gasteiger partial charge on any atom is -0.487 e. The molecule has 0 amide bonds. The van der Waals surface area contributed by atoms with Crippen molar-refractivity contribution in [2.45, 2.75) is 39.2 Å². The molecule has 1 fully saturated rings. The van der Waals surface area contributed by atoms with E-state index in [1.165, 1.54) is 6.07 Å². The van der Waals surface area contributed by atoms with Crippen LogP contribution in [0, 0.1) is 17.7 Å². The lowest BCUT2D eigenvalue weighted by atomic mass is 9.80. The number of rotatable bonds is 3. The molecule has 0 radical (unpaired) electrons. The second kappa shape index (κ2) is 5.87. The number of thiocarbonyl (C=S) groups is 1. The quantitative estimate of drug-likeness (QED) is 0.859. The number of benzene rings is 1. The van der Waals surface area contributed by atoms with E-state index in [0.717, 1.165) is 25.2 Å². The maximum atomic E-state index is 13.9. The zero-order chi connectivity index (χ0) is 14.0. The van der Waals surface area contributed by atoms with E-state index < -0.39 is 5.82 Å². The minimum absolute atomic E-state index is 0.108. The van der Waals surface area contributed by atoms with Crippen molar-refractivity contribution in [2.24, 2.45) is 17.6 Å². The summed E-state index contributed by atoms with van der Waals surface area (Å²) in [6.45, 7) is 4.49. The molecule has 0 bridgehead atoms. The van der Waals surface area contributed by atoms with Gasteiger partial charge in [-0.2, -0.15) is 0 Å². The van der Waals surface area contributed by atoms with E-state index in [2.05, 4.69) is 13.8 Å². The maximum Gasteiger partial charge on any atom is 0.165 e. The van der Waals surface area contributed by atoms with Crippen molar-refractivity contribution < 1.29 is 9.13 Å². The van der Waals surface area contributed by atoms with E-state index >= 15 is 0 Å². The molecule has 4 heteroatoms. The molecule has 0 spiro atoms. The molecule has 2 nitrogen and oxygen atoms in total. The van der Waals surface area contributed by atoms with Crippen LogP contribution in [0.1, 0.15) is 38.7 Å². The summed E-state index contributed by atoms with van der Waals surface area (Å²) in [6, 6.07) is 4.66. The summed E-state index contributed by atoms with van der Waals surface area (Å²) in [4.78, 5) is 0.200. The van der Waals surface area contributed by atoms with Crippen LogP contribution in [0.5, 0.6) is 5.75 Å². The smallest absolute Gasteiger partial charge is 0.165 e. The lowest BCUT2D eigenvalue weighted by molar-refractivity contribution is 0.0968. The summed E-state index contributed by atoms with van der Waals surface area (Å²) in [7, 11) is 0. The standard InChI is InChI=1S/C15H20FNOS/c1-9-3-5-12(7-10(9)2)18-14-6-4-11(15(17)19)8-13(14)16/h4,6,8-10,12H,3,5,7H2,1-2H3,(H2,17,19). The summed E-state index contributed by atoms with van der Waals surface area (Å²) in [5, 5.41) is 0. The molecule has 0 saturated heterocycles. The zero-order valence-corrected chi connectivity index (χ0v) is 12.2. The van der Waals surface area contributed by atoms with E-state index in [9.17, 15) is 4.39 Å². The Hall–Kier alpha value is -1.16. The largest absolute Gasteiger partial charge is 0.487 e. The second-order valence-corrected chi connectivity index (χ2v) is 5.96. The Morgan fingerprint density at radius 1 is 1.32 bits per heavy atom. The molecular weight excluding hydrogens is 261 g/mol. The lowest BCUT2D eigenvalue weighted by Gasteiger charge is -2.32. The second-order valence-electron chi connectivity index (χ2n) is 5.52. The average molecular weight is 281 g/mol. The molecule has 104 valence electrons. The SMILES string of the molecule is CC1CCC(Oc2ccc(C(N)=S)cc2F)CC1C. The predicted molar refractivity (Wildman–Crippen MR) is 78.9 cm³/mol. The Labute approximate surface area is 119 Å². The highest BCUT2D eigenvalue weighted by molar-refractivity contribution is 7.80. The highest BCUT2D eigenvalue weighted by atomic mass is 32.1. The first-order valence-electron chi connectivity index (χ1n) is 6.73. The van der Waals surface area contributed by atoms with Crippen molar-refractivity contribution in [3.8, 4) is 5.75 Å². The first kappa shape index (κ1) is 14.3. The van der Waals surface area contributed by atoms with Crippen LogP contribution in [-0.2, 0) is 0 Å². The topological polar surface area (TPSA) is 35.2 Å². The lowest BCUT2D eigenvalue weighted by Crippen LogP contribution is -2.29. The number of ether oxygens (including phenoxy) is 1. The van der Waals surface area contributed by atoms with Crippen LogP contribution in [0.15, 0.2) is 18.2 Å². The van der Waals surface area contributed by atoms with Gasteiger partial charge >= 0.3 is 0 Å². The summed E-state index contributed by atoms with van der Waals surface area (Å²) < 4.78 is 19.7. The molecule has 2 rings (SSSR count). The molecule has 0 aromatic heterocycles. The predicted octanol–water partition coefficient (Wildman–Crippen LogP) is 3.66. The zero-order valence-electron chi connectivity index (χ0n) is 11.4. The number of halogens is 1. The van der Waals surface area contributed by atoms with Gasteiger partial charge in [0, 0.05) is 5.56 Å². The monoisotopic (exact) mass is 281 g/mol. The van der Waals surface area contributed by atoms with Gasteiger partial charge < -0.3 is 10.5 Å². The minimum atomic E-state index is -0.392. The molecule has 0 aliphatic heterocycles. The third-order valence-electron chi connectivity index (χ3n) is 4.06. The summed E-state index contributed by atoms with van der Waals surface area (Å²) >= 11 is 4.83. The van der Waals surface area contributed by atoms with Crippen LogP contribution in [0.3, 0.4) is 0 Å². The Kier molecular flexibility index (Phi) is 4.40. The van der Waals surface area contributed by atoms with Crippen molar-refractivity contribution in [3.63, 3.8) is 0 Å². The van der Waals surface area contributed by atoms with Gasteiger partial charge in [-0.1, -0.05) is 26.1 Å². The molecule has 19 heavy (non-hydrogen) atoms. The first-order chi connectivity index (χ1) is 8.97. The van der Waals surface area contributed by atoms with Gasteiger partial charge in [-0.05, 0) is 49.3 Å². The average Bonchev–Trinajstić information content (AvgIpc) is 2.36. The van der Waals surface area contributed by atoms with Crippen molar-refractivity contribution in [1.29, 1.82) is 0 Å². The molecule has 0 heterocycles. The fourth-order valence-corrected chi connectivity index (χ4v) is 2.66. The van der Waals surface area contributed by atoms with Gasteiger partial charge in [0.15, 0.2) is 11.6 Å². The molecule has 1 aromatic rings. The molecule has 1 aliphatic carbocycles. The van der Waals surface area contributed by atoms with Crippen molar-refractivity contribution in [1.82, 2.24) is 0 Å². The molecule has 2 N–H and O–H groups in total. The van der Waals surface area contributed by atoms with Gasteiger partial charge in [0.05, 0.1) is 6.10 Å². The van der Waals surface area contributed by atoms with E-state index in [1.807, 2.05) is 0 Å².